The molecule has 2 heteroatoms. The predicted octanol–water partition coefficient (Wildman–Crippen LogP) is 1.59. The molecule has 1 rings (SSSR count). The standard InChI is InChI=1S/C11H15NO/c1-8-5-4-6-10(9(8)2)7-11(13)12-3/h4-6H,7H2,1-3H3,(H,12,13). The average molecular weight is 177 g/mol. The van der Waals surface area contributed by atoms with Crippen LogP contribution in [0.15, 0.2) is 18.2 Å². The summed E-state index contributed by atoms with van der Waals surface area (Å²) in [7, 11) is 1.66. The highest BCUT2D eigenvalue weighted by atomic mass is 16.1. The summed E-state index contributed by atoms with van der Waals surface area (Å²) in [6.45, 7) is 4.11. The highest BCUT2D eigenvalue weighted by Crippen LogP contribution is 2.12. The molecule has 1 N–H and O–H groups in total. The number of aryl methyl sites for hydroxylation is 1. The minimum atomic E-state index is 0.0636. The maximum absolute atomic E-state index is 11.1. The molecule has 0 aromatic heterocycles. The van der Waals surface area contributed by atoms with Gasteiger partial charge in [0.1, 0.15) is 0 Å². The van der Waals surface area contributed by atoms with Gasteiger partial charge in [0.05, 0.1) is 6.42 Å². The monoisotopic (exact) mass is 177 g/mol. The van der Waals surface area contributed by atoms with E-state index in [0.29, 0.717) is 6.42 Å². The van der Waals surface area contributed by atoms with Crippen LogP contribution >= 0.6 is 0 Å². The number of nitrogens with one attached hydrogen (secondary N) is 1. The number of benzene rings is 1. The second-order valence-corrected chi connectivity index (χ2v) is 3.21. The van der Waals surface area contributed by atoms with E-state index in [9.17, 15) is 4.79 Å². The van der Waals surface area contributed by atoms with Crippen molar-refractivity contribution in [1.29, 1.82) is 0 Å². The minimum absolute atomic E-state index is 0.0636. The SMILES string of the molecule is CNC(=O)Cc1cccc(C)c1C. The molecule has 0 spiro atoms. The molecule has 0 aliphatic rings. The Labute approximate surface area is 79.0 Å². The van der Waals surface area contributed by atoms with E-state index >= 15 is 0 Å². The molecule has 0 aliphatic heterocycles. The number of rotatable bonds is 2. The van der Waals surface area contributed by atoms with Gasteiger partial charge >= 0.3 is 0 Å². The summed E-state index contributed by atoms with van der Waals surface area (Å²) in [4.78, 5) is 11.1. The second-order valence-electron chi connectivity index (χ2n) is 3.21. The first-order valence-electron chi connectivity index (χ1n) is 4.41. The van der Waals surface area contributed by atoms with Gasteiger partial charge in [0.25, 0.3) is 0 Å². The molecule has 0 heterocycles. The molecule has 0 aliphatic carbocycles. The fraction of sp³-hybridized carbons (Fsp3) is 0.364. The van der Waals surface area contributed by atoms with Crippen molar-refractivity contribution in [1.82, 2.24) is 5.32 Å². The van der Waals surface area contributed by atoms with Crippen LogP contribution in [-0.4, -0.2) is 13.0 Å². The summed E-state index contributed by atoms with van der Waals surface area (Å²) in [5, 5.41) is 2.62. The number of hydrogen-bond acceptors (Lipinski definition) is 1. The number of hydrogen-bond donors (Lipinski definition) is 1. The zero-order valence-corrected chi connectivity index (χ0v) is 8.35. The topological polar surface area (TPSA) is 29.1 Å². The summed E-state index contributed by atoms with van der Waals surface area (Å²) in [5.41, 5.74) is 3.56. The van der Waals surface area contributed by atoms with Crippen molar-refractivity contribution in [3.05, 3.63) is 34.9 Å². The third-order valence-corrected chi connectivity index (χ3v) is 2.35. The molecular formula is C11H15NO. The number of carbonyl (C=O) groups is 1. The van der Waals surface area contributed by atoms with Crippen molar-refractivity contribution < 1.29 is 4.79 Å². The lowest BCUT2D eigenvalue weighted by Gasteiger charge is -2.06. The molecule has 0 unspecified atom stereocenters. The summed E-state index contributed by atoms with van der Waals surface area (Å²) in [5.74, 6) is 0.0636. The van der Waals surface area contributed by atoms with E-state index in [1.54, 1.807) is 7.05 Å². The molecule has 0 radical (unpaired) electrons. The van der Waals surface area contributed by atoms with Crippen LogP contribution < -0.4 is 5.32 Å². The Balaban J connectivity index is 2.89. The summed E-state index contributed by atoms with van der Waals surface area (Å²) >= 11 is 0. The normalized spacial score (nSPS) is 9.77. The first-order valence-corrected chi connectivity index (χ1v) is 4.41. The first kappa shape index (κ1) is 9.78. The van der Waals surface area contributed by atoms with Crippen LogP contribution in [0, 0.1) is 13.8 Å². The maximum Gasteiger partial charge on any atom is 0.224 e. The molecule has 13 heavy (non-hydrogen) atoms. The fourth-order valence-electron chi connectivity index (χ4n) is 1.26. The molecule has 0 atom stereocenters. The molecular weight excluding hydrogens is 162 g/mol. The van der Waals surface area contributed by atoms with E-state index in [2.05, 4.69) is 18.3 Å². The van der Waals surface area contributed by atoms with Gasteiger partial charge in [-0.2, -0.15) is 0 Å². The quantitative estimate of drug-likeness (QED) is 0.730. The van der Waals surface area contributed by atoms with Crippen LogP contribution in [0.3, 0.4) is 0 Å². The van der Waals surface area contributed by atoms with E-state index in [0.717, 1.165) is 5.56 Å². The zero-order chi connectivity index (χ0) is 9.84. The number of carbonyl (C=O) groups excluding carboxylic acids is 1. The molecule has 1 aromatic carbocycles. The Kier molecular flexibility index (Phi) is 3.07. The Morgan fingerprint density at radius 1 is 1.38 bits per heavy atom. The maximum atomic E-state index is 11.1. The smallest absolute Gasteiger partial charge is 0.224 e. The lowest BCUT2D eigenvalue weighted by molar-refractivity contribution is -0.119. The predicted molar refractivity (Wildman–Crippen MR) is 53.7 cm³/mol. The third-order valence-electron chi connectivity index (χ3n) is 2.35. The van der Waals surface area contributed by atoms with Crippen LogP contribution in [0.4, 0.5) is 0 Å². The highest BCUT2D eigenvalue weighted by molar-refractivity contribution is 5.78. The van der Waals surface area contributed by atoms with Crippen LogP contribution in [0.25, 0.3) is 0 Å². The Hall–Kier alpha value is -1.31. The van der Waals surface area contributed by atoms with E-state index in [1.807, 2.05) is 19.1 Å². The summed E-state index contributed by atoms with van der Waals surface area (Å²) in [6.07, 6.45) is 0.476. The second kappa shape index (κ2) is 4.08. The minimum Gasteiger partial charge on any atom is -0.359 e. The van der Waals surface area contributed by atoms with Crippen LogP contribution in [0.1, 0.15) is 16.7 Å². The molecule has 1 aromatic rings. The van der Waals surface area contributed by atoms with Gasteiger partial charge in [-0.05, 0) is 30.5 Å². The summed E-state index contributed by atoms with van der Waals surface area (Å²) < 4.78 is 0. The van der Waals surface area contributed by atoms with Gasteiger partial charge in [-0.25, -0.2) is 0 Å². The van der Waals surface area contributed by atoms with E-state index in [1.165, 1.54) is 11.1 Å². The number of amides is 1. The van der Waals surface area contributed by atoms with E-state index < -0.39 is 0 Å². The lowest BCUT2D eigenvalue weighted by atomic mass is 10.0. The molecule has 2 nitrogen and oxygen atoms in total. The Morgan fingerprint density at radius 3 is 2.69 bits per heavy atom. The molecule has 0 fully saturated rings. The van der Waals surface area contributed by atoms with Gasteiger partial charge in [-0.15, -0.1) is 0 Å². The van der Waals surface area contributed by atoms with Crippen LogP contribution in [0.2, 0.25) is 0 Å². The van der Waals surface area contributed by atoms with Crippen molar-refractivity contribution in [2.75, 3.05) is 7.05 Å². The van der Waals surface area contributed by atoms with Crippen molar-refractivity contribution in [2.24, 2.45) is 0 Å². The van der Waals surface area contributed by atoms with Crippen molar-refractivity contribution in [2.45, 2.75) is 20.3 Å². The largest absolute Gasteiger partial charge is 0.359 e. The van der Waals surface area contributed by atoms with Gasteiger partial charge in [-0.3, -0.25) is 4.79 Å². The van der Waals surface area contributed by atoms with Gasteiger partial charge in [0.15, 0.2) is 0 Å². The van der Waals surface area contributed by atoms with Gasteiger partial charge in [-0.1, -0.05) is 18.2 Å². The van der Waals surface area contributed by atoms with Crippen molar-refractivity contribution >= 4 is 5.91 Å². The van der Waals surface area contributed by atoms with E-state index in [-0.39, 0.29) is 5.91 Å². The number of likely N-dealkylation sites (N-methyl/N-ethyl adjacent to an activating group) is 1. The van der Waals surface area contributed by atoms with Crippen LogP contribution in [-0.2, 0) is 11.2 Å². The molecule has 0 saturated carbocycles. The van der Waals surface area contributed by atoms with Crippen molar-refractivity contribution in [3.63, 3.8) is 0 Å². The Morgan fingerprint density at radius 2 is 2.08 bits per heavy atom. The zero-order valence-electron chi connectivity index (χ0n) is 8.35. The van der Waals surface area contributed by atoms with Crippen LogP contribution in [0.5, 0.6) is 0 Å². The third kappa shape index (κ3) is 2.31. The molecule has 0 bridgehead atoms. The molecule has 1 amide bonds. The summed E-state index contributed by atoms with van der Waals surface area (Å²) in [6, 6.07) is 6.04. The molecule has 0 saturated heterocycles. The first-order chi connectivity index (χ1) is 6.15. The Bertz CT molecular complexity index is 318. The van der Waals surface area contributed by atoms with Crippen molar-refractivity contribution in [3.8, 4) is 0 Å². The lowest BCUT2D eigenvalue weighted by Crippen LogP contribution is -2.20. The van der Waals surface area contributed by atoms with Gasteiger partial charge < -0.3 is 5.32 Å². The average Bonchev–Trinajstić information content (AvgIpc) is 2.13. The fourth-order valence-corrected chi connectivity index (χ4v) is 1.26. The molecule has 70 valence electrons. The highest BCUT2D eigenvalue weighted by Gasteiger charge is 2.04. The van der Waals surface area contributed by atoms with Gasteiger partial charge in [0, 0.05) is 7.05 Å². The van der Waals surface area contributed by atoms with Gasteiger partial charge in [0.2, 0.25) is 5.91 Å². The van der Waals surface area contributed by atoms with E-state index in [4.69, 9.17) is 0 Å².